The van der Waals surface area contributed by atoms with Crippen LogP contribution in [0.4, 0.5) is 0 Å². The Labute approximate surface area is 79.2 Å². The lowest BCUT2D eigenvalue weighted by Gasteiger charge is -2.47. The fourth-order valence-corrected chi connectivity index (χ4v) is 13.3. The molecule has 0 fully saturated rings. The van der Waals surface area contributed by atoms with Crippen molar-refractivity contribution in [3.05, 3.63) is 0 Å². The second-order valence-corrected chi connectivity index (χ2v) is 16.9. The first-order valence-electron chi connectivity index (χ1n) is 4.78. The minimum Gasteiger partial charge on any atom is -0.397 e. The van der Waals surface area contributed by atoms with Gasteiger partial charge in [-0.25, -0.2) is 0 Å². The standard InChI is InChI=1S/C9H24OSi2/c1-8-9(10,11(2,3)4)12(5,6)7/h10H,8H2,1-7H3. The zero-order chi connectivity index (χ0) is 10.2. The lowest BCUT2D eigenvalue weighted by atomic mass is 10.5. The molecule has 0 aliphatic heterocycles. The highest BCUT2D eigenvalue weighted by Crippen LogP contribution is 2.33. The summed E-state index contributed by atoms with van der Waals surface area (Å²) in [5.41, 5.74) is 0. The lowest BCUT2D eigenvalue weighted by Crippen LogP contribution is -2.66. The number of rotatable bonds is 3. The molecular formula is C9H24OSi2. The molecule has 0 atom stereocenters. The van der Waals surface area contributed by atoms with Gasteiger partial charge in [-0.15, -0.1) is 0 Å². The molecule has 1 N–H and O–H groups in total. The molecule has 0 aromatic heterocycles. The van der Waals surface area contributed by atoms with Gasteiger partial charge >= 0.3 is 0 Å². The zero-order valence-electron chi connectivity index (χ0n) is 9.65. The maximum Gasteiger partial charge on any atom is 0.0779 e. The number of hydrogen-bond acceptors (Lipinski definition) is 1. The Morgan fingerprint density at radius 1 is 0.917 bits per heavy atom. The minimum absolute atomic E-state index is 0.306. The first-order chi connectivity index (χ1) is 5.06. The van der Waals surface area contributed by atoms with E-state index in [2.05, 4.69) is 46.2 Å². The molecule has 0 unspecified atom stereocenters. The van der Waals surface area contributed by atoms with Crippen molar-refractivity contribution in [3.63, 3.8) is 0 Å². The van der Waals surface area contributed by atoms with E-state index in [1.165, 1.54) is 0 Å². The van der Waals surface area contributed by atoms with E-state index in [0.29, 0.717) is 0 Å². The van der Waals surface area contributed by atoms with Crippen LogP contribution in [-0.4, -0.2) is 26.1 Å². The summed E-state index contributed by atoms with van der Waals surface area (Å²) < 4.78 is 0. The normalized spacial score (nSPS) is 15.0. The molecule has 0 spiro atoms. The van der Waals surface area contributed by atoms with Crippen LogP contribution in [0.15, 0.2) is 0 Å². The van der Waals surface area contributed by atoms with Crippen molar-refractivity contribution in [2.45, 2.75) is 57.5 Å². The summed E-state index contributed by atoms with van der Waals surface area (Å²) in [7, 11) is -2.86. The van der Waals surface area contributed by atoms with E-state index < -0.39 is 16.1 Å². The molecule has 0 aliphatic rings. The summed E-state index contributed by atoms with van der Waals surface area (Å²) in [5, 5.41) is 10.6. The topological polar surface area (TPSA) is 20.2 Å². The second kappa shape index (κ2) is 3.27. The van der Waals surface area contributed by atoms with E-state index in [4.69, 9.17) is 0 Å². The molecule has 0 saturated heterocycles. The van der Waals surface area contributed by atoms with Crippen LogP contribution in [0.5, 0.6) is 0 Å². The van der Waals surface area contributed by atoms with Crippen LogP contribution in [0.1, 0.15) is 13.3 Å². The van der Waals surface area contributed by atoms with Crippen LogP contribution in [0, 0.1) is 0 Å². The molecule has 0 aromatic rings. The fourth-order valence-electron chi connectivity index (χ4n) is 2.19. The fraction of sp³-hybridized carbons (Fsp3) is 1.00. The van der Waals surface area contributed by atoms with Gasteiger partial charge in [0, 0.05) is 4.85 Å². The molecule has 0 aliphatic carbocycles. The molecule has 0 amide bonds. The Kier molecular flexibility index (Phi) is 3.38. The van der Waals surface area contributed by atoms with Gasteiger partial charge in [-0.2, -0.15) is 0 Å². The summed E-state index contributed by atoms with van der Waals surface area (Å²) >= 11 is 0. The molecule has 74 valence electrons. The summed E-state index contributed by atoms with van der Waals surface area (Å²) in [5.74, 6) is 0. The molecule has 0 radical (unpaired) electrons. The second-order valence-electron chi connectivity index (χ2n) is 5.71. The van der Waals surface area contributed by atoms with Gasteiger partial charge in [0.05, 0.1) is 16.1 Å². The first kappa shape index (κ1) is 12.4. The Hall–Kier alpha value is 0.394. The van der Waals surface area contributed by atoms with Gasteiger partial charge in [-0.1, -0.05) is 46.2 Å². The van der Waals surface area contributed by atoms with E-state index in [0.717, 1.165) is 6.42 Å². The van der Waals surface area contributed by atoms with Crippen molar-refractivity contribution in [2.75, 3.05) is 0 Å². The summed E-state index contributed by atoms with van der Waals surface area (Å²) in [6.07, 6.45) is 0.929. The first-order valence-corrected chi connectivity index (χ1v) is 11.8. The van der Waals surface area contributed by atoms with Crippen LogP contribution >= 0.6 is 0 Å². The smallest absolute Gasteiger partial charge is 0.0779 e. The minimum atomic E-state index is -1.43. The Morgan fingerprint density at radius 2 is 1.17 bits per heavy atom. The highest BCUT2D eigenvalue weighted by atomic mass is 28.4. The molecule has 12 heavy (non-hydrogen) atoms. The maximum atomic E-state index is 10.6. The third kappa shape index (κ3) is 2.00. The van der Waals surface area contributed by atoms with E-state index in [-0.39, 0.29) is 4.85 Å². The quantitative estimate of drug-likeness (QED) is 0.701. The van der Waals surface area contributed by atoms with Gasteiger partial charge in [0.1, 0.15) is 0 Å². The average Bonchev–Trinajstić information content (AvgIpc) is 1.81. The lowest BCUT2D eigenvalue weighted by molar-refractivity contribution is 0.184. The summed E-state index contributed by atoms with van der Waals surface area (Å²) in [4.78, 5) is -0.306. The number of aliphatic hydroxyl groups is 1. The van der Waals surface area contributed by atoms with Gasteiger partial charge in [0.15, 0.2) is 0 Å². The van der Waals surface area contributed by atoms with Crippen LogP contribution in [0.3, 0.4) is 0 Å². The Morgan fingerprint density at radius 3 is 1.17 bits per heavy atom. The van der Waals surface area contributed by atoms with E-state index in [1.54, 1.807) is 0 Å². The van der Waals surface area contributed by atoms with Crippen molar-refractivity contribution in [1.29, 1.82) is 0 Å². The van der Waals surface area contributed by atoms with E-state index >= 15 is 0 Å². The van der Waals surface area contributed by atoms with Crippen molar-refractivity contribution >= 4 is 16.1 Å². The van der Waals surface area contributed by atoms with E-state index in [9.17, 15) is 5.11 Å². The Bertz CT molecular complexity index is 139. The predicted molar refractivity (Wildman–Crippen MR) is 61.9 cm³/mol. The molecule has 0 bridgehead atoms. The molecule has 3 heteroatoms. The molecule has 0 rings (SSSR count). The van der Waals surface area contributed by atoms with Gasteiger partial charge in [-0.3, -0.25) is 0 Å². The van der Waals surface area contributed by atoms with Crippen LogP contribution in [-0.2, 0) is 0 Å². The van der Waals surface area contributed by atoms with Crippen molar-refractivity contribution in [3.8, 4) is 0 Å². The van der Waals surface area contributed by atoms with Crippen molar-refractivity contribution < 1.29 is 5.11 Å². The highest BCUT2D eigenvalue weighted by Gasteiger charge is 2.49. The molecule has 0 saturated carbocycles. The molecule has 0 aromatic carbocycles. The summed E-state index contributed by atoms with van der Waals surface area (Å²) in [6.45, 7) is 15.8. The largest absolute Gasteiger partial charge is 0.397 e. The van der Waals surface area contributed by atoms with Crippen molar-refractivity contribution in [2.24, 2.45) is 0 Å². The predicted octanol–water partition coefficient (Wildman–Crippen LogP) is 2.88. The monoisotopic (exact) mass is 204 g/mol. The average molecular weight is 204 g/mol. The highest BCUT2D eigenvalue weighted by molar-refractivity contribution is 6.98. The molecule has 0 heterocycles. The molecule has 1 nitrogen and oxygen atoms in total. The zero-order valence-corrected chi connectivity index (χ0v) is 11.7. The maximum absolute atomic E-state index is 10.6. The third-order valence-electron chi connectivity index (χ3n) is 2.99. The Balaban J connectivity index is 4.95. The van der Waals surface area contributed by atoms with Gasteiger partial charge in [0.25, 0.3) is 0 Å². The van der Waals surface area contributed by atoms with E-state index in [1.807, 2.05) is 0 Å². The third-order valence-corrected chi connectivity index (χ3v) is 13.2. The van der Waals surface area contributed by atoms with Gasteiger partial charge < -0.3 is 5.11 Å². The van der Waals surface area contributed by atoms with Crippen LogP contribution in [0.25, 0.3) is 0 Å². The van der Waals surface area contributed by atoms with Crippen LogP contribution in [0.2, 0.25) is 39.3 Å². The van der Waals surface area contributed by atoms with Crippen LogP contribution < -0.4 is 0 Å². The van der Waals surface area contributed by atoms with Gasteiger partial charge in [-0.05, 0) is 6.42 Å². The van der Waals surface area contributed by atoms with Crippen molar-refractivity contribution in [1.82, 2.24) is 0 Å². The molecular weight excluding hydrogens is 180 g/mol. The number of hydrogen-bond donors (Lipinski definition) is 1. The summed E-state index contributed by atoms with van der Waals surface area (Å²) in [6, 6.07) is 0. The van der Waals surface area contributed by atoms with Gasteiger partial charge in [0.2, 0.25) is 0 Å². The SMILES string of the molecule is CCC(O)([Si](C)(C)C)[Si](C)(C)C.